The van der Waals surface area contributed by atoms with Gasteiger partial charge in [0.25, 0.3) is 0 Å². The van der Waals surface area contributed by atoms with Gasteiger partial charge in [0.2, 0.25) is 0 Å². The predicted octanol–water partition coefficient (Wildman–Crippen LogP) is 4.47. The maximum atomic E-state index is 11.9. The molecule has 0 aromatic heterocycles. The van der Waals surface area contributed by atoms with Gasteiger partial charge in [-0.3, -0.25) is 0 Å². The van der Waals surface area contributed by atoms with Gasteiger partial charge in [0.1, 0.15) is 12.4 Å². The zero-order chi connectivity index (χ0) is 16.8. The third-order valence-electron chi connectivity index (χ3n) is 3.65. The van der Waals surface area contributed by atoms with E-state index >= 15 is 0 Å². The molecule has 0 saturated carbocycles. The van der Waals surface area contributed by atoms with E-state index in [0.29, 0.717) is 23.9 Å². The minimum atomic E-state index is -0.278. The Morgan fingerprint density at radius 2 is 1.91 bits per heavy atom. The highest BCUT2D eigenvalue weighted by molar-refractivity contribution is 6.31. The first-order chi connectivity index (χ1) is 11.0. The van der Waals surface area contributed by atoms with Crippen LogP contribution in [0.4, 0.5) is 10.5 Å². The molecule has 0 unspecified atom stereocenters. The van der Waals surface area contributed by atoms with Crippen molar-refractivity contribution in [2.24, 2.45) is 0 Å². The molecule has 2 amide bonds. The Kier molecular flexibility index (Phi) is 5.88. The fourth-order valence-electron chi connectivity index (χ4n) is 2.10. The summed E-state index contributed by atoms with van der Waals surface area (Å²) >= 11 is 5.93. The van der Waals surface area contributed by atoms with Crippen LogP contribution in [0.3, 0.4) is 0 Å². The quantitative estimate of drug-likeness (QED) is 0.794. The van der Waals surface area contributed by atoms with Crippen LogP contribution in [0.2, 0.25) is 5.02 Å². The van der Waals surface area contributed by atoms with Gasteiger partial charge in [0.15, 0.2) is 0 Å². The third-order valence-corrected chi connectivity index (χ3v) is 3.88. The molecule has 0 aliphatic rings. The van der Waals surface area contributed by atoms with Gasteiger partial charge in [-0.05, 0) is 55.7 Å². The maximum Gasteiger partial charge on any atom is 0.319 e. The molecule has 0 atom stereocenters. The van der Waals surface area contributed by atoms with Crippen LogP contribution in [0.1, 0.15) is 16.7 Å². The number of nitrogens with one attached hydrogen (secondary N) is 2. The molecule has 2 N–H and O–H groups in total. The number of aryl methyl sites for hydroxylation is 2. The molecule has 0 bridgehead atoms. The number of rotatable bonds is 5. The van der Waals surface area contributed by atoms with Crippen LogP contribution in [-0.4, -0.2) is 19.2 Å². The molecule has 2 rings (SSSR count). The van der Waals surface area contributed by atoms with Gasteiger partial charge in [-0.15, -0.1) is 0 Å². The number of amides is 2. The SMILES string of the molecule is Cc1ccc(Cl)cc1NC(=O)NCCOc1cccc(C)c1C. The lowest BCUT2D eigenvalue weighted by Gasteiger charge is -2.12. The number of ether oxygens (including phenoxy) is 1. The summed E-state index contributed by atoms with van der Waals surface area (Å²) in [5.74, 6) is 0.845. The van der Waals surface area contributed by atoms with Crippen molar-refractivity contribution in [3.05, 3.63) is 58.1 Å². The first-order valence-electron chi connectivity index (χ1n) is 7.47. The molecule has 5 heteroatoms. The second-order valence-corrected chi connectivity index (χ2v) is 5.82. The molecule has 0 heterocycles. The molecule has 0 aliphatic carbocycles. The zero-order valence-electron chi connectivity index (χ0n) is 13.6. The number of carbonyl (C=O) groups is 1. The standard InChI is InChI=1S/C18H21ClN2O2/c1-12-5-4-6-17(14(12)3)23-10-9-20-18(22)21-16-11-15(19)8-7-13(16)2/h4-8,11H,9-10H2,1-3H3,(H2,20,21,22). The molecule has 0 spiro atoms. The summed E-state index contributed by atoms with van der Waals surface area (Å²) in [6.07, 6.45) is 0. The molecule has 2 aromatic rings. The molecule has 0 fully saturated rings. The van der Waals surface area contributed by atoms with E-state index in [1.54, 1.807) is 12.1 Å². The summed E-state index contributed by atoms with van der Waals surface area (Å²) < 4.78 is 5.70. The molecule has 4 nitrogen and oxygen atoms in total. The van der Waals surface area contributed by atoms with Crippen molar-refractivity contribution in [2.75, 3.05) is 18.5 Å². The van der Waals surface area contributed by atoms with Crippen molar-refractivity contribution in [3.8, 4) is 5.75 Å². The van der Waals surface area contributed by atoms with Gasteiger partial charge in [0, 0.05) is 10.7 Å². The van der Waals surface area contributed by atoms with E-state index in [1.807, 2.05) is 45.0 Å². The minimum absolute atomic E-state index is 0.278. The predicted molar refractivity (Wildman–Crippen MR) is 94.6 cm³/mol. The average Bonchev–Trinajstić information content (AvgIpc) is 2.51. The summed E-state index contributed by atoms with van der Waals surface area (Å²) in [5.41, 5.74) is 3.96. The van der Waals surface area contributed by atoms with E-state index in [2.05, 4.69) is 10.6 Å². The summed E-state index contributed by atoms with van der Waals surface area (Å²) in [7, 11) is 0. The lowest BCUT2D eigenvalue weighted by Crippen LogP contribution is -2.32. The maximum absolute atomic E-state index is 11.9. The largest absolute Gasteiger partial charge is 0.491 e. The highest BCUT2D eigenvalue weighted by atomic mass is 35.5. The van der Waals surface area contributed by atoms with Crippen molar-refractivity contribution in [1.29, 1.82) is 0 Å². The molecular weight excluding hydrogens is 312 g/mol. The van der Waals surface area contributed by atoms with E-state index in [1.165, 1.54) is 5.56 Å². The Morgan fingerprint density at radius 1 is 1.13 bits per heavy atom. The van der Waals surface area contributed by atoms with E-state index in [0.717, 1.165) is 16.9 Å². The summed E-state index contributed by atoms with van der Waals surface area (Å²) in [6.45, 7) is 6.80. The van der Waals surface area contributed by atoms with Crippen LogP contribution in [-0.2, 0) is 0 Å². The first kappa shape index (κ1) is 17.2. The van der Waals surface area contributed by atoms with Crippen LogP contribution in [0.5, 0.6) is 5.75 Å². The highest BCUT2D eigenvalue weighted by Gasteiger charge is 2.05. The molecule has 122 valence electrons. The molecule has 23 heavy (non-hydrogen) atoms. The topological polar surface area (TPSA) is 50.4 Å². The van der Waals surface area contributed by atoms with Gasteiger partial charge >= 0.3 is 6.03 Å². The second-order valence-electron chi connectivity index (χ2n) is 5.39. The van der Waals surface area contributed by atoms with E-state index in [-0.39, 0.29) is 6.03 Å². The number of anilines is 1. The monoisotopic (exact) mass is 332 g/mol. The average molecular weight is 333 g/mol. The molecule has 0 aliphatic heterocycles. The number of benzene rings is 2. The van der Waals surface area contributed by atoms with Crippen molar-refractivity contribution < 1.29 is 9.53 Å². The molecule has 2 aromatic carbocycles. The molecule has 0 radical (unpaired) electrons. The van der Waals surface area contributed by atoms with Crippen LogP contribution >= 0.6 is 11.6 Å². The van der Waals surface area contributed by atoms with Crippen LogP contribution in [0, 0.1) is 20.8 Å². The smallest absolute Gasteiger partial charge is 0.319 e. The Hall–Kier alpha value is -2.20. The van der Waals surface area contributed by atoms with Gasteiger partial charge in [-0.2, -0.15) is 0 Å². The fraction of sp³-hybridized carbons (Fsp3) is 0.278. The number of urea groups is 1. The van der Waals surface area contributed by atoms with E-state index in [9.17, 15) is 4.79 Å². The number of halogens is 1. The lowest BCUT2D eigenvalue weighted by atomic mass is 10.1. The van der Waals surface area contributed by atoms with E-state index < -0.39 is 0 Å². The lowest BCUT2D eigenvalue weighted by molar-refractivity contribution is 0.247. The van der Waals surface area contributed by atoms with Crippen molar-refractivity contribution in [1.82, 2.24) is 5.32 Å². The van der Waals surface area contributed by atoms with Crippen molar-refractivity contribution in [3.63, 3.8) is 0 Å². The Labute approximate surface area is 141 Å². The highest BCUT2D eigenvalue weighted by Crippen LogP contribution is 2.21. The summed E-state index contributed by atoms with van der Waals surface area (Å²) in [6, 6.07) is 11.0. The Bertz CT molecular complexity index is 701. The Morgan fingerprint density at radius 3 is 2.70 bits per heavy atom. The van der Waals surface area contributed by atoms with Gasteiger partial charge in [-0.1, -0.05) is 29.8 Å². The Balaban J connectivity index is 1.79. The van der Waals surface area contributed by atoms with Crippen molar-refractivity contribution in [2.45, 2.75) is 20.8 Å². The second kappa shape index (κ2) is 7.88. The molecule has 0 saturated heterocycles. The number of carbonyl (C=O) groups excluding carboxylic acids is 1. The van der Waals surface area contributed by atoms with Crippen LogP contribution in [0.25, 0.3) is 0 Å². The van der Waals surface area contributed by atoms with Gasteiger partial charge in [-0.25, -0.2) is 4.79 Å². The fourth-order valence-corrected chi connectivity index (χ4v) is 2.27. The number of hydrogen-bond donors (Lipinski definition) is 2. The van der Waals surface area contributed by atoms with Crippen molar-refractivity contribution >= 4 is 23.3 Å². The minimum Gasteiger partial charge on any atom is -0.491 e. The summed E-state index contributed by atoms with van der Waals surface area (Å²) in [4.78, 5) is 11.9. The van der Waals surface area contributed by atoms with Crippen LogP contribution < -0.4 is 15.4 Å². The third kappa shape index (κ3) is 4.89. The summed E-state index contributed by atoms with van der Waals surface area (Å²) in [5, 5.41) is 6.13. The van der Waals surface area contributed by atoms with Gasteiger partial charge < -0.3 is 15.4 Å². The van der Waals surface area contributed by atoms with E-state index in [4.69, 9.17) is 16.3 Å². The molecular formula is C18H21ClN2O2. The first-order valence-corrected chi connectivity index (χ1v) is 7.85. The normalized spacial score (nSPS) is 10.3. The number of hydrogen-bond acceptors (Lipinski definition) is 2. The van der Waals surface area contributed by atoms with Crippen LogP contribution in [0.15, 0.2) is 36.4 Å². The zero-order valence-corrected chi connectivity index (χ0v) is 14.3. The van der Waals surface area contributed by atoms with Gasteiger partial charge in [0.05, 0.1) is 6.54 Å².